The van der Waals surface area contributed by atoms with Crippen molar-refractivity contribution < 1.29 is 9.20 Å². The quantitative estimate of drug-likeness (QED) is 0.540. The Labute approximate surface area is 52.6 Å². The molecule has 1 aromatic heterocycles. The van der Waals surface area contributed by atoms with Crippen LogP contribution in [0.5, 0.6) is 0 Å². The molecule has 0 saturated carbocycles. The van der Waals surface area contributed by atoms with E-state index in [0.717, 1.165) is 13.0 Å². The monoisotopic (exact) mass is 127 g/mol. The van der Waals surface area contributed by atoms with Gasteiger partial charge in [0.1, 0.15) is 6.54 Å². The molecule has 0 unspecified atom stereocenters. The summed E-state index contributed by atoms with van der Waals surface area (Å²) in [6.07, 6.45) is 2.57. The lowest BCUT2D eigenvalue weighted by Gasteiger charge is -1.90. The maximum atomic E-state index is 6.94. The van der Waals surface area contributed by atoms with E-state index >= 15 is 0 Å². The van der Waals surface area contributed by atoms with Crippen molar-refractivity contribution in [3.63, 3.8) is 0 Å². The highest BCUT2D eigenvalue weighted by Crippen LogP contribution is 1.69. The summed E-state index contributed by atoms with van der Waals surface area (Å²) in [4.78, 5) is 0. The van der Waals surface area contributed by atoms with Crippen molar-refractivity contribution in [2.45, 2.75) is 19.9 Å². The van der Waals surface area contributed by atoms with E-state index in [1.165, 1.54) is 0 Å². The molecule has 9 heavy (non-hydrogen) atoms. The molecule has 1 N–H and O–H groups in total. The maximum absolute atomic E-state index is 6.94. The summed E-state index contributed by atoms with van der Waals surface area (Å²) in [7, 11) is 0. The fourth-order valence-electron chi connectivity index (χ4n) is 0.613. The van der Waals surface area contributed by atoms with E-state index in [0.29, 0.717) is 0 Å². The molecule has 0 aliphatic rings. The van der Waals surface area contributed by atoms with Crippen molar-refractivity contribution in [3.8, 4) is 0 Å². The molecule has 0 saturated heterocycles. The molecule has 1 rings (SSSR count). The van der Waals surface area contributed by atoms with E-state index in [1.54, 1.807) is 10.9 Å². The van der Waals surface area contributed by atoms with Gasteiger partial charge >= 0.3 is 0 Å². The molecular formula is C5H9N3O. The number of nitrogens with zero attached hydrogens (tertiary/aromatic N) is 2. The molecule has 4 nitrogen and oxygen atoms in total. The standard InChI is InChI=1S/C5H9N3O/c1-2-3-8-4-5(6)9-7-8/h4,6H,2-3H2,1H3. The minimum atomic E-state index is 0.114. The molecule has 0 aliphatic carbocycles. The molecule has 0 radical (unpaired) electrons. The van der Waals surface area contributed by atoms with Gasteiger partial charge in [-0.25, -0.2) is 4.68 Å². The molecule has 4 heteroatoms. The first-order valence-corrected chi connectivity index (χ1v) is 2.91. The molecule has 0 spiro atoms. The van der Waals surface area contributed by atoms with Crippen molar-refractivity contribution >= 4 is 0 Å². The molecule has 1 aromatic rings. The number of hydrogen-bond acceptors (Lipinski definition) is 2. The van der Waals surface area contributed by atoms with E-state index in [9.17, 15) is 0 Å². The minimum Gasteiger partial charge on any atom is -0.487 e. The van der Waals surface area contributed by atoms with Gasteiger partial charge in [0.15, 0.2) is 0 Å². The zero-order chi connectivity index (χ0) is 6.69. The topological polar surface area (TPSA) is 55.0 Å². The lowest BCUT2D eigenvalue weighted by Crippen LogP contribution is -2.36. The van der Waals surface area contributed by atoms with Gasteiger partial charge in [0.2, 0.25) is 6.20 Å². The Balaban J connectivity index is 2.73. The summed E-state index contributed by atoms with van der Waals surface area (Å²) >= 11 is 0. The third-order valence-corrected chi connectivity index (χ3v) is 0.963. The summed E-state index contributed by atoms with van der Waals surface area (Å²) in [5.41, 5.74) is 0.114. The fourth-order valence-corrected chi connectivity index (χ4v) is 0.613. The van der Waals surface area contributed by atoms with Gasteiger partial charge < -0.3 is 4.52 Å². The second-order valence-corrected chi connectivity index (χ2v) is 1.83. The van der Waals surface area contributed by atoms with Crippen LogP contribution < -0.4 is 15.5 Å². The van der Waals surface area contributed by atoms with Crippen LogP contribution in [0, 0.1) is 5.41 Å². The molecular weight excluding hydrogens is 118 g/mol. The van der Waals surface area contributed by atoms with Gasteiger partial charge in [-0.05, 0) is 0 Å². The van der Waals surface area contributed by atoms with Crippen LogP contribution in [-0.2, 0) is 6.54 Å². The molecule has 0 aliphatic heterocycles. The van der Waals surface area contributed by atoms with E-state index in [1.807, 2.05) is 6.92 Å². The van der Waals surface area contributed by atoms with Crippen molar-refractivity contribution in [3.05, 3.63) is 11.8 Å². The molecule has 1 heterocycles. The smallest absolute Gasteiger partial charge is 0.264 e. The fraction of sp³-hybridized carbons (Fsp3) is 0.600. The van der Waals surface area contributed by atoms with Crippen LogP contribution in [0.25, 0.3) is 0 Å². The SMILES string of the molecule is CCC[n+]1cc(=N)o[n-]1. The van der Waals surface area contributed by atoms with Crippen molar-refractivity contribution in [2.75, 3.05) is 0 Å². The summed E-state index contributed by atoms with van der Waals surface area (Å²) in [6, 6.07) is 0. The first-order chi connectivity index (χ1) is 4.33. The highest BCUT2D eigenvalue weighted by atomic mass is 16.5. The summed E-state index contributed by atoms with van der Waals surface area (Å²) < 4.78 is 6.11. The number of aromatic nitrogens is 2. The summed E-state index contributed by atoms with van der Waals surface area (Å²) in [6.45, 7) is 2.87. The summed E-state index contributed by atoms with van der Waals surface area (Å²) in [5, 5.41) is 10.5. The second kappa shape index (κ2) is 2.48. The number of hydrogen-bond donors (Lipinski definition) is 1. The van der Waals surface area contributed by atoms with E-state index in [2.05, 4.69) is 9.79 Å². The highest BCUT2D eigenvalue weighted by molar-refractivity contribution is 4.39. The van der Waals surface area contributed by atoms with Crippen molar-refractivity contribution in [1.29, 1.82) is 5.41 Å². The Bertz CT molecular complexity index is 224. The van der Waals surface area contributed by atoms with Crippen LogP contribution in [-0.4, -0.2) is 0 Å². The second-order valence-electron chi connectivity index (χ2n) is 1.83. The van der Waals surface area contributed by atoms with E-state index in [-0.39, 0.29) is 5.55 Å². The molecule has 0 bridgehead atoms. The Hall–Kier alpha value is -1.06. The molecule has 0 fully saturated rings. The molecule has 0 atom stereocenters. The molecule has 0 amide bonds. The summed E-state index contributed by atoms with van der Waals surface area (Å²) in [5.74, 6) is 0. The first kappa shape index (κ1) is 6.07. The normalized spacial score (nSPS) is 9.89. The van der Waals surface area contributed by atoms with Crippen LogP contribution in [0.15, 0.2) is 10.7 Å². The highest BCUT2D eigenvalue weighted by Gasteiger charge is 1.90. The minimum absolute atomic E-state index is 0.114. The lowest BCUT2D eigenvalue weighted by atomic mass is 10.5. The number of rotatable bonds is 2. The van der Waals surface area contributed by atoms with Crippen molar-refractivity contribution in [2.24, 2.45) is 0 Å². The predicted molar refractivity (Wildman–Crippen MR) is 28.4 cm³/mol. The van der Waals surface area contributed by atoms with Crippen LogP contribution >= 0.6 is 0 Å². The van der Waals surface area contributed by atoms with E-state index < -0.39 is 0 Å². The van der Waals surface area contributed by atoms with Gasteiger partial charge in [-0.3, -0.25) is 10.7 Å². The van der Waals surface area contributed by atoms with Gasteiger partial charge in [-0.2, -0.15) is 0 Å². The Kier molecular flexibility index (Phi) is 1.67. The third-order valence-electron chi connectivity index (χ3n) is 0.963. The Morgan fingerprint density at radius 2 is 2.67 bits per heavy atom. The van der Waals surface area contributed by atoms with Crippen molar-refractivity contribution in [1.82, 2.24) is 5.27 Å². The van der Waals surface area contributed by atoms with Gasteiger partial charge in [0.25, 0.3) is 5.55 Å². The van der Waals surface area contributed by atoms with Gasteiger partial charge in [0.05, 0.1) is 0 Å². The Morgan fingerprint density at radius 3 is 3.11 bits per heavy atom. The number of aryl methyl sites for hydroxylation is 1. The zero-order valence-corrected chi connectivity index (χ0v) is 5.29. The number of nitrogens with one attached hydrogen (secondary N) is 1. The van der Waals surface area contributed by atoms with Crippen LogP contribution in [0.2, 0.25) is 0 Å². The van der Waals surface area contributed by atoms with E-state index in [4.69, 9.17) is 5.41 Å². The molecule has 50 valence electrons. The van der Waals surface area contributed by atoms with Crippen LogP contribution in [0.4, 0.5) is 0 Å². The van der Waals surface area contributed by atoms with Gasteiger partial charge in [-0.1, -0.05) is 6.92 Å². The average molecular weight is 127 g/mol. The first-order valence-electron chi connectivity index (χ1n) is 2.91. The maximum Gasteiger partial charge on any atom is 0.264 e. The van der Waals surface area contributed by atoms with Gasteiger partial charge in [0, 0.05) is 6.42 Å². The van der Waals surface area contributed by atoms with Gasteiger partial charge in [-0.15, -0.1) is 0 Å². The zero-order valence-electron chi connectivity index (χ0n) is 5.29. The predicted octanol–water partition coefficient (Wildman–Crippen LogP) is -0.586. The van der Waals surface area contributed by atoms with Crippen LogP contribution in [0.1, 0.15) is 13.3 Å². The average Bonchev–Trinajstić information content (AvgIpc) is 2.17. The third kappa shape index (κ3) is 1.42. The Morgan fingerprint density at radius 1 is 1.89 bits per heavy atom. The molecule has 0 aromatic carbocycles. The largest absolute Gasteiger partial charge is 0.487 e. The lowest BCUT2D eigenvalue weighted by molar-refractivity contribution is -0.767. The van der Waals surface area contributed by atoms with Crippen LogP contribution in [0.3, 0.4) is 0 Å².